The van der Waals surface area contributed by atoms with E-state index in [0.29, 0.717) is 36.4 Å². The van der Waals surface area contributed by atoms with Crippen LogP contribution in [0.15, 0.2) is 70.2 Å². The summed E-state index contributed by atoms with van der Waals surface area (Å²) in [5.74, 6) is -0.127. The first-order valence-electron chi connectivity index (χ1n) is 9.16. The Balaban J connectivity index is 1.58. The van der Waals surface area contributed by atoms with Crippen LogP contribution in [0.25, 0.3) is 0 Å². The summed E-state index contributed by atoms with van der Waals surface area (Å²) >= 11 is 0. The van der Waals surface area contributed by atoms with Crippen LogP contribution >= 0.6 is 0 Å². The number of halogens is 1. The zero-order valence-electron chi connectivity index (χ0n) is 15.5. The number of sulfonamides is 1. The predicted octanol–water partition coefficient (Wildman–Crippen LogP) is 3.49. The molecule has 1 aliphatic heterocycles. The van der Waals surface area contributed by atoms with Crippen molar-refractivity contribution in [2.24, 2.45) is 0 Å². The highest BCUT2D eigenvalue weighted by Crippen LogP contribution is 2.30. The highest BCUT2D eigenvalue weighted by atomic mass is 32.2. The third-order valence-electron chi connectivity index (χ3n) is 4.83. The van der Waals surface area contributed by atoms with Gasteiger partial charge in [-0.1, -0.05) is 0 Å². The minimum absolute atomic E-state index is 0.0571. The van der Waals surface area contributed by atoms with Gasteiger partial charge in [0, 0.05) is 17.8 Å². The number of hydrogen-bond donors (Lipinski definition) is 1. The number of carbonyl (C=O) groups excluding carboxylic acids is 1. The predicted molar refractivity (Wildman–Crippen MR) is 106 cm³/mol. The van der Waals surface area contributed by atoms with Gasteiger partial charge in [0.15, 0.2) is 0 Å². The Morgan fingerprint density at radius 1 is 1.14 bits per heavy atom. The number of anilines is 1. The summed E-state index contributed by atoms with van der Waals surface area (Å²) in [7, 11) is -3.72. The minimum Gasteiger partial charge on any atom is -0.468 e. The molecule has 29 heavy (non-hydrogen) atoms. The van der Waals surface area contributed by atoms with E-state index in [0.717, 1.165) is 5.56 Å². The van der Waals surface area contributed by atoms with E-state index >= 15 is 0 Å². The topological polar surface area (TPSA) is 79.6 Å². The fourth-order valence-electron chi connectivity index (χ4n) is 3.36. The average Bonchev–Trinajstić information content (AvgIpc) is 3.25. The van der Waals surface area contributed by atoms with E-state index < -0.39 is 15.8 Å². The fourth-order valence-corrected chi connectivity index (χ4v) is 4.41. The third kappa shape index (κ3) is 4.08. The lowest BCUT2D eigenvalue weighted by molar-refractivity contribution is 0.0985. The number of carbonyl (C=O) groups is 1. The van der Waals surface area contributed by atoms with Crippen molar-refractivity contribution in [3.05, 3.63) is 83.6 Å². The molecule has 1 aromatic heterocycles. The monoisotopic (exact) mass is 414 g/mol. The minimum atomic E-state index is -3.72. The van der Waals surface area contributed by atoms with Crippen LogP contribution in [0, 0.1) is 5.82 Å². The van der Waals surface area contributed by atoms with Gasteiger partial charge in [-0.2, -0.15) is 0 Å². The molecular formula is C21H19FN2O4S. The Morgan fingerprint density at radius 2 is 1.93 bits per heavy atom. The molecule has 2 heterocycles. The Bertz CT molecular complexity index is 1130. The fraction of sp³-hybridized carbons (Fsp3) is 0.190. The van der Waals surface area contributed by atoms with E-state index in [9.17, 15) is 17.6 Å². The van der Waals surface area contributed by atoms with Crippen molar-refractivity contribution in [3.8, 4) is 0 Å². The van der Waals surface area contributed by atoms with E-state index in [1.165, 1.54) is 36.6 Å². The van der Waals surface area contributed by atoms with Crippen molar-refractivity contribution in [1.82, 2.24) is 4.72 Å². The Kier molecular flexibility index (Phi) is 5.21. The quantitative estimate of drug-likeness (QED) is 0.693. The molecule has 0 aliphatic carbocycles. The van der Waals surface area contributed by atoms with Crippen LogP contribution in [0.4, 0.5) is 10.1 Å². The molecule has 0 bridgehead atoms. The number of amides is 1. The molecule has 0 saturated carbocycles. The molecule has 3 aromatic rings. The maximum Gasteiger partial charge on any atom is 0.258 e. The molecule has 1 N–H and O–H groups in total. The van der Waals surface area contributed by atoms with Gasteiger partial charge in [0.25, 0.3) is 5.91 Å². The third-order valence-corrected chi connectivity index (χ3v) is 6.23. The van der Waals surface area contributed by atoms with Crippen LogP contribution in [0.1, 0.15) is 28.1 Å². The first kappa shape index (κ1) is 19.4. The lowest BCUT2D eigenvalue weighted by atomic mass is 10.0. The number of hydrogen-bond acceptors (Lipinski definition) is 4. The summed E-state index contributed by atoms with van der Waals surface area (Å²) in [6, 6.07) is 13.5. The van der Waals surface area contributed by atoms with Gasteiger partial charge in [-0.3, -0.25) is 4.79 Å². The number of benzene rings is 2. The molecule has 150 valence electrons. The molecule has 0 radical (unpaired) electrons. The maximum atomic E-state index is 13.1. The Hall–Kier alpha value is -2.97. The molecule has 0 saturated heterocycles. The van der Waals surface area contributed by atoms with Crippen molar-refractivity contribution in [1.29, 1.82) is 0 Å². The van der Waals surface area contributed by atoms with Crippen LogP contribution in [0.2, 0.25) is 0 Å². The highest BCUT2D eigenvalue weighted by molar-refractivity contribution is 7.89. The van der Waals surface area contributed by atoms with Crippen molar-refractivity contribution in [2.75, 3.05) is 11.4 Å². The van der Waals surface area contributed by atoms with Gasteiger partial charge < -0.3 is 9.32 Å². The van der Waals surface area contributed by atoms with Crippen LogP contribution in [0.5, 0.6) is 0 Å². The summed E-state index contributed by atoms with van der Waals surface area (Å²) in [6.45, 7) is 0.577. The lowest BCUT2D eigenvalue weighted by Gasteiger charge is -2.30. The van der Waals surface area contributed by atoms with Crippen molar-refractivity contribution in [3.63, 3.8) is 0 Å². The molecule has 0 spiro atoms. The largest absolute Gasteiger partial charge is 0.468 e. The van der Waals surface area contributed by atoms with Gasteiger partial charge in [0.05, 0.1) is 17.7 Å². The number of rotatable bonds is 5. The lowest BCUT2D eigenvalue weighted by Crippen LogP contribution is -2.35. The molecule has 8 heteroatoms. The zero-order chi connectivity index (χ0) is 20.4. The van der Waals surface area contributed by atoms with Gasteiger partial charge >= 0.3 is 0 Å². The number of aryl methyl sites for hydroxylation is 1. The Labute approximate surface area is 168 Å². The molecule has 4 rings (SSSR count). The van der Waals surface area contributed by atoms with Crippen LogP contribution in [-0.4, -0.2) is 20.9 Å². The molecule has 2 aromatic carbocycles. The molecule has 6 nitrogen and oxygen atoms in total. The summed E-state index contributed by atoms with van der Waals surface area (Å²) in [5.41, 5.74) is 1.85. The SMILES string of the molecule is O=C(c1ccc(F)cc1)N1CCCc2cc(S(=O)(=O)NCc3ccco3)ccc21. The van der Waals surface area contributed by atoms with E-state index in [1.54, 1.807) is 29.2 Å². The molecule has 1 aliphatic rings. The maximum absolute atomic E-state index is 13.1. The smallest absolute Gasteiger partial charge is 0.258 e. The number of nitrogens with zero attached hydrogens (tertiary/aromatic N) is 1. The van der Waals surface area contributed by atoms with Crippen molar-refractivity contribution in [2.45, 2.75) is 24.3 Å². The van der Waals surface area contributed by atoms with Crippen molar-refractivity contribution >= 4 is 21.6 Å². The second-order valence-corrected chi connectivity index (χ2v) is 8.53. The van der Waals surface area contributed by atoms with E-state index in [4.69, 9.17) is 4.42 Å². The molecule has 1 amide bonds. The van der Waals surface area contributed by atoms with Gasteiger partial charge in [0.1, 0.15) is 11.6 Å². The van der Waals surface area contributed by atoms with E-state index in [-0.39, 0.29) is 17.3 Å². The normalized spacial score (nSPS) is 13.9. The molecular weight excluding hydrogens is 395 g/mol. The number of furan rings is 1. The number of nitrogens with one attached hydrogen (secondary N) is 1. The van der Waals surface area contributed by atoms with Gasteiger partial charge in [-0.25, -0.2) is 17.5 Å². The second-order valence-electron chi connectivity index (χ2n) is 6.76. The van der Waals surface area contributed by atoms with Gasteiger partial charge in [-0.05, 0) is 73.0 Å². The van der Waals surface area contributed by atoms with E-state index in [1.807, 2.05) is 0 Å². The van der Waals surface area contributed by atoms with Crippen LogP contribution in [0.3, 0.4) is 0 Å². The first-order chi connectivity index (χ1) is 13.9. The van der Waals surface area contributed by atoms with Crippen LogP contribution in [-0.2, 0) is 23.0 Å². The number of fused-ring (bicyclic) bond motifs is 1. The summed E-state index contributed by atoms with van der Waals surface area (Å²) in [5, 5.41) is 0. The Morgan fingerprint density at radius 3 is 2.66 bits per heavy atom. The summed E-state index contributed by atoms with van der Waals surface area (Å²) in [6.07, 6.45) is 2.86. The summed E-state index contributed by atoms with van der Waals surface area (Å²) < 4.78 is 46.0. The highest BCUT2D eigenvalue weighted by Gasteiger charge is 2.25. The summed E-state index contributed by atoms with van der Waals surface area (Å²) in [4.78, 5) is 14.6. The second kappa shape index (κ2) is 7.81. The zero-order valence-corrected chi connectivity index (χ0v) is 16.3. The standard InChI is InChI=1S/C21H19FN2O4S/c22-17-7-5-15(6-8-17)21(25)24-11-1-3-16-13-19(9-10-20(16)24)29(26,27)23-14-18-4-2-12-28-18/h2,4-10,12-13,23H,1,3,11,14H2. The van der Waals surface area contributed by atoms with Gasteiger partial charge in [-0.15, -0.1) is 0 Å². The molecule has 0 unspecified atom stereocenters. The van der Waals surface area contributed by atoms with Crippen molar-refractivity contribution < 1.29 is 22.0 Å². The van der Waals surface area contributed by atoms with E-state index in [2.05, 4.69) is 4.72 Å². The molecule has 0 fully saturated rings. The van der Waals surface area contributed by atoms with Crippen LogP contribution < -0.4 is 9.62 Å². The first-order valence-corrected chi connectivity index (χ1v) is 10.6. The molecule has 0 atom stereocenters. The van der Waals surface area contributed by atoms with Gasteiger partial charge in [0.2, 0.25) is 10.0 Å². The average molecular weight is 414 g/mol.